The maximum atomic E-state index is 11.6. The molecule has 0 aliphatic carbocycles. The van der Waals surface area contributed by atoms with Crippen LogP contribution in [0.1, 0.15) is 26.7 Å². The second-order valence-electron chi connectivity index (χ2n) is 3.29. The quantitative estimate of drug-likeness (QED) is 0.678. The van der Waals surface area contributed by atoms with Crippen LogP contribution in [0.15, 0.2) is 0 Å². The van der Waals surface area contributed by atoms with Crippen molar-refractivity contribution in [3.63, 3.8) is 0 Å². The summed E-state index contributed by atoms with van der Waals surface area (Å²) in [7, 11) is 0. The molecule has 0 radical (unpaired) electrons. The SMILES string of the molecule is CCCN1CC(=O)NC(CC)C1=O. The van der Waals surface area contributed by atoms with Gasteiger partial charge in [0.15, 0.2) is 0 Å². The molecule has 1 rings (SSSR count). The van der Waals surface area contributed by atoms with Gasteiger partial charge in [-0.25, -0.2) is 0 Å². The van der Waals surface area contributed by atoms with E-state index in [1.165, 1.54) is 0 Å². The molecule has 1 atom stereocenters. The zero-order chi connectivity index (χ0) is 9.84. The van der Waals surface area contributed by atoms with Gasteiger partial charge >= 0.3 is 0 Å². The molecule has 0 aromatic rings. The molecule has 74 valence electrons. The molecule has 4 heteroatoms. The molecule has 1 aliphatic rings. The van der Waals surface area contributed by atoms with Gasteiger partial charge in [0.1, 0.15) is 6.04 Å². The lowest BCUT2D eigenvalue weighted by Crippen LogP contribution is -2.57. The van der Waals surface area contributed by atoms with Gasteiger partial charge in [-0.1, -0.05) is 13.8 Å². The molecule has 0 spiro atoms. The molecule has 0 saturated carbocycles. The first kappa shape index (κ1) is 10.0. The summed E-state index contributed by atoms with van der Waals surface area (Å²) in [4.78, 5) is 24.4. The standard InChI is InChI=1S/C9H16N2O2/c1-3-5-11-6-8(12)10-7(4-2)9(11)13/h7H,3-6H2,1-2H3,(H,10,12). The van der Waals surface area contributed by atoms with Crippen molar-refractivity contribution in [2.24, 2.45) is 0 Å². The van der Waals surface area contributed by atoms with Crippen LogP contribution < -0.4 is 5.32 Å². The van der Waals surface area contributed by atoms with Crippen molar-refractivity contribution in [1.82, 2.24) is 10.2 Å². The molecule has 13 heavy (non-hydrogen) atoms. The molecule has 1 N–H and O–H groups in total. The maximum Gasteiger partial charge on any atom is 0.245 e. The van der Waals surface area contributed by atoms with Gasteiger partial charge in [-0.3, -0.25) is 9.59 Å². The molecule has 1 unspecified atom stereocenters. The third kappa shape index (κ3) is 2.20. The van der Waals surface area contributed by atoms with Gasteiger partial charge in [-0.05, 0) is 12.8 Å². The Kier molecular flexibility index (Phi) is 3.28. The average molecular weight is 184 g/mol. The fourth-order valence-electron chi connectivity index (χ4n) is 1.51. The first-order valence-corrected chi connectivity index (χ1v) is 4.77. The lowest BCUT2D eigenvalue weighted by atomic mass is 10.1. The van der Waals surface area contributed by atoms with Crippen LogP contribution in [-0.4, -0.2) is 35.8 Å². The van der Waals surface area contributed by atoms with Gasteiger partial charge in [0.2, 0.25) is 11.8 Å². The molecule has 0 bridgehead atoms. The zero-order valence-electron chi connectivity index (χ0n) is 8.17. The summed E-state index contributed by atoms with van der Waals surface area (Å²) in [5.41, 5.74) is 0. The smallest absolute Gasteiger partial charge is 0.245 e. The molecule has 1 fully saturated rings. The summed E-state index contributed by atoms with van der Waals surface area (Å²) >= 11 is 0. The Hall–Kier alpha value is -1.06. The van der Waals surface area contributed by atoms with Crippen LogP contribution in [0.25, 0.3) is 0 Å². The van der Waals surface area contributed by atoms with Crippen molar-refractivity contribution in [1.29, 1.82) is 0 Å². The summed E-state index contributed by atoms with van der Waals surface area (Å²) in [6.07, 6.45) is 1.57. The fraction of sp³-hybridized carbons (Fsp3) is 0.778. The number of piperazine rings is 1. The summed E-state index contributed by atoms with van der Waals surface area (Å²) < 4.78 is 0. The molecule has 0 aromatic carbocycles. The summed E-state index contributed by atoms with van der Waals surface area (Å²) in [6, 6.07) is -0.298. The van der Waals surface area contributed by atoms with Gasteiger partial charge in [0, 0.05) is 6.54 Å². The molecule has 1 saturated heterocycles. The predicted octanol–water partition coefficient (Wildman–Crippen LogP) is 0.133. The first-order chi connectivity index (χ1) is 6.19. The van der Waals surface area contributed by atoms with Gasteiger partial charge in [-0.15, -0.1) is 0 Å². The minimum atomic E-state index is -0.298. The monoisotopic (exact) mass is 184 g/mol. The lowest BCUT2D eigenvalue weighted by molar-refractivity contribution is -0.144. The number of nitrogens with one attached hydrogen (secondary N) is 1. The summed E-state index contributed by atoms with van der Waals surface area (Å²) in [5, 5.41) is 2.67. The van der Waals surface area contributed by atoms with Crippen molar-refractivity contribution >= 4 is 11.8 Å². The van der Waals surface area contributed by atoms with E-state index in [0.29, 0.717) is 13.0 Å². The van der Waals surface area contributed by atoms with Crippen molar-refractivity contribution < 1.29 is 9.59 Å². The Balaban J connectivity index is 2.63. The third-order valence-corrected chi connectivity index (χ3v) is 2.18. The van der Waals surface area contributed by atoms with E-state index in [1.807, 2.05) is 13.8 Å². The Bertz CT molecular complexity index is 216. The number of rotatable bonds is 3. The van der Waals surface area contributed by atoms with Crippen molar-refractivity contribution in [3.05, 3.63) is 0 Å². The van der Waals surface area contributed by atoms with Crippen LogP contribution in [0.5, 0.6) is 0 Å². The normalized spacial score (nSPS) is 23.2. The van der Waals surface area contributed by atoms with Gasteiger partial charge in [-0.2, -0.15) is 0 Å². The lowest BCUT2D eigenvalue weighted by Gasteiger charge is -2.31. The highest BCUT2D eigenvalue weighted by Gasteiger charge is 2.30. The van der Waals surface area contributed by atoms with E-state index in [2.05, 4.69) is 5.32 Å². The highest BCUT2D eigenvalue weighted by atomic mass is 16.2. The molecule has 4 nitrogen and oxygen atoms in total. The van der Waals surface area contributed by atoms with Crippen LogP contribution >= 0.6 is 0 Å². The van der Waals surface area contributed by atoms with Crippen LogP contribution in [0.4, 0.5) is 0 Å². The molecular weight excluding hydrogens is 168 g/mol. The van der Waals surface area contributed by atoms with Crippen LogP contribution in [0.2, 0.25) is 0 Å². The molecule has 1 aliphatic heterocycles. The van der Waals surface area contributed by atoms with E-state index >= 15 is 0 Å². The van der Waals surface area contributed by atoms with Crippen molar-refractivity contribution in [3.8, 4) is 0 Å². The number of hydrogen-bond acceptors (Lipinski definition) is 2. The van der Waals surface area contributed by atoms with E-state index in [4.69, 9.17) is 0 Å². The number of nitrogens with zero attached hydrogens (tertiary/aromatic N) is 1. The number of carbonyl (C=O) groups is 2. The van der Waals surface area contributed by atoms with E-state index in [-0.39, 0.29) is 24.4 Å². The molecule has 1 heterocycles. The summed E-state index contributed by atoms with van der Waals surface area (Å²) in [5.74, 6) is 0.0175. The van der Waals surface area contributed by atoms with E-state index in [0.717, 1.165) is 6.42 Å². The second kappa shape index (κ2) is 4.25. The van der Waals surface area contributed by atoms with Gasteiger partial charge < -0.3 is 10.2 Å². The second-order valence-corrected chi connectivity index (χ2v) is 3.29. The van der Waals surface area contributed by atoms with Gasteiger partial charge in [0.25, 0.3) is 0 Å². The zero-order valence-corrected chi connectivity index (χ0v) is 8.17. The van der Waals surface area contributed by atoms with Crippen molar-refractivity contribution in [2.45, 2.75) is 32.7 Å². The van der Waals surface area contributed by atoms with E-state index in [9.17, 15) is 9.59 Å². The Morgan fingerprint density at radius 3 is 2.69 bits per heavy atom. The third-order valence-electron chi connectivity index (χ3n) is 2.18. The van der Waals surface area contributed by atoms with Crippen molar-refractivity contribution in [2.75, 3.05) is 13.1 Å². The highest BCUT2D eigenvalue weighted by molar-refractivity contribution is 5.94. The van der Waals surface area contributed by atoms with Crippen LogP contribution in [0, 0.1) is 0 Å². The average Bonchev–Trinajstić information content (AvgIpc) is 2.11. The van der Waals surface area contributed by atoms with Crippen LogP contribution in [-0.2, 0) is 9.59 Å². The molecular formula is C9H16N2O2. The molecule has 2 amide bonds. The topological polar surface area (TPSA) is 49.4 Å². The van der Waals surface area contributed by atoms with E-state index < -0.39 is 0 Å². The Labute approximate surface area is 78.3 Å². The summed E-state index contributed by atoms with van der Waals surface area (Å²) in [6.45, 7) is 4.81. The Morgan fingerprint density at radius 1 is 1.46 bits per heavy atom. The first-order valence-electron chi connectivity index (χ1n) is 4.77. The maximum absolute atomic E-state index is 11.6. The van der Waals surface area contributed by atoms with E-state index in [1.54, 1.807) is 4.90 Å². The number of hydrogen-bond donors (Lipinski definition) is 1. The highest BCUT2D eigenvalue weighted by Crippen LogP contribution is 2.05. The molecule has 0 aromatic heterocycles. The minimum Gasteiger partial charge on any atom is -0.343 e. The predicted molar refractivity (Wildman–Crippen MR) is 49.1 cm³/mol. The van der Waals surface area contributed by atoms with Gasteiger partial charge in [0.05, 0.1) is 6.54 Å². The Morgan fingerprint density at radius 2 is 2.15 bits per heavy atom. The minimum absolute atomic E-state index is 0.0418. The largest absolute Gasteiger partial charge is 0.343 e. The number of amides is 2. The fourth-order valence-corrected chi connectivity index (χ4v) is 1.51. The number of carbonyl (C=O) groups excluding carboxylic acids is 2. The van der Waals surface area contributed by atoms with Crippen LogP contribution in [0.3, 0.4) is 0 Å².